The van der Waals surface area contributed by atoms with Crippen molar-refractivity contribution in [2.75, 3.05) is 24.0 Å². The molecule has 0 fully saturated rings. The van der Waals surface area contributed by atoms with E-state index in [2.05, 4.69) is 141 Å². The van der Waals surface area contributed by atoms with E-state index in [0.717, 1.165) is 22.6 Å². The Morgan fingerprint density at radius 2 is 0.971 bits per heavy atom. The molecule has 0 N–H and O–H groups in total. The molecule has 2 unspecified atom stereocenters. The summed E-state index contributed by atoms with van der Waals surface area (Å²) in [6, 6.07) is 49.8. The molecule has 7 aromatic carbocycles. The highest BCUT2D eigenvalue weighted by Crippen LogP contribution is 2.62. The van der Waals surface area contributed by atoms with E-state index in [1.165, 1.54) is 60.2 Å². The van der Waals surface area contributed by atoms with Gasteiger partial charge in [-0.25, -0.2) is 0 Å². The normalized spacial score (nSPS) is 20.0. The zero-order valence-electron chi connectivity index (χ0n) is 38.9. The van der Waals surface area contributed by atoms with Crippen molar-refractivity contribution in [3.05, 3.63) is 217 Å². The molecular weight excluding hydrogens is 869 g/mol. The lowest BCUT2D eigenvalue weighted by Gasteiger charge is -2.49. The SMILES string of the molecule is COc1cc([N+](=O)[O-])cc2c1OC1(C=C2)N(C2c3ccccc3-c3ccccc32)c2ccccc2C1(C)C.COc1cc([N+](=O)[O-])cc2c1OC1(C=C2)N(c2ccccc2)c2ccccc2C1(C)C. The van der Waals surface area contributed by atoms with Crippen LogP contribution in [0.5, 0.6) is 23.0 Å². The van der Waals surface area contributed by atoms with E-state index >= 15 is 0 Å². The maximum atomic E-state index is 11.6. The molecule has 7 aromatic rings. The number of rotatable bonds is 6. The van der Waals surface area contributed by atoms with Crippen LogP contribution in [0, 0.1) is 20.2 Å². The molecule has 2 atom stereocenters. The fourth-order valence-electron chi connectivity index (χ4n) is 11.3. The van der Waals surface area contributed by atoms with Crippen LogP contribution in [0.15, 0.2) is 164 Å². The van der Waals surface area contributed by atoms with E-state index in [4.69, 9.17) is 18.9 Å². The average molecular weight is 917 g/mol. The number of benzene rings is 7. The molecule has 0 saturated heterocycles. The van der Waals surface area contributed by atoms with Gasteiger partial charge < -0.3 is 23.8 Å². The molecule has 12 heteroatoms. The van der Waals surface area contributed by atoms with Gasteiger partial charge in [-0.2, -0.15) is 0 Å². The van der Waals surface area contributed by atoms with Crippen molar-refractivity contribution in [1.29, 1.82) is 0 Å². The van der Waals surface area contributed by atoms with Gasteiger partial charge in [0.2, 0.25) is 11.4 Å². The Kier molecular flexibility index (Phi) is 9.76. The Bertz CT molecular complexity index is 3280. The van der Waals surface area contributed by atoms with E-state index in [-0.39, 0.29) is 17.4 Å². The fraction of sp³-hybridized carbons (Fsp3) is 0.193. The maximum absolute atomic E-state index is 11.6. The lowest BCUT2D eigenvalue weighted by atomic mass is 9.76. The minimum atomic E-state index is -0.928. The minimum Gasteiger partial charge on any atom is -0.493 e. The van der Waals surface area contributed by atoms with Gasteiger partial charge in [-0.3, -0.25) is 25.1 Å². The van der Waals surface area contributed by atoms with Crippen LogP contribution in [0.2, 0.25) is 0 Å². The molecule has 4 aliphatic heterocycles. The number of hydrogen-bond acceptors (Lipinski definition) is 10. The Morgan fingerprint density at radius 1 is 0.536 bits per heavy atom. The number of nitro groups is 2. The Hall–Kier alpha value is -8.38. The number of non-ortho nitro benzene ring substituents is 2. The number of fused-ring (bicyclic) bond motifs is 7. The topological polar surface area (TPSA) is 130 Å². The average Bonchev–Trinajstić information content (AvgIpc) is 3.86. The Morgan fingerprint density at radius 3 is 1.51 bits per heavy atom. The van der Waals surface area contributed by atoms with Crippen molar-refractivity contribution in [2.45, 2.75) is 56.0 Å². The molecule has 5 aliphatic rings. The molecule has 12 nitrogen and oxygen atoms in total. The highest BCUT2D eigenvalue weighted by Gasteiger charge is 2.63. The summed E-state index contributed by atoms with van der Waals surface area (Å²) in [4.78, 5) is 26.7. The smallest absolute Gasteiger partial charge is 0.274 e. The Labute approximate surface area is 399 Å². The van der Waals surface area contributed by atoms with E-state index in [1.54, 1.807) is 6.07 Å². The van der Waals surface area contributed by atoms with E-state index in [1.807, 2.05) is 48.6 Å². The quantitative estimate of drug-likeness (QED) is 0.117. The van der Waals surface area contributed by atoms with Gasteiger partial charge in [0.15, 0.2) is 23.0 Å². The highest BCUT2D eigenvalue weighted by molar-refractivity contribution is 5.85. The van der Waals surface area contributed by atoms with Crippen LogP contribution in [0.3, 0.4) is 0 Å². The first-order valence-electron chi connectivity index (χ1n) is 22.8. The predicted molar refractivity (Wildman–Crippen MR) is 268 cm³/mol. The molecule has 0 amide bonds. The molecule has 2 spiro atoms. The zero-order chi connectivity index (χ0) is 48.0. The van der Waals surface area contributed by atoms with Crippen LogP contribution in [-0.2, 0) is 10.8 Å². The summed E-state index contributed by atoms with van der Waals surface area (Å²) in [5, 5.41) is 23.0. The second-order valence-electron chi connectivity index (χ2n) is 18.8. The molecule has 12 rings (SSSR count). The van der Waals surface area contributed by atoms with Crippen molar-refractivity contribution in [3.63, 3.8) is 0 Å². The monoisotopic (exact) mass is 916 g/mol. The van der Waals surface area contributed by atoms with Crippen LogP contribution in [0.1, 0.15) is 67.1 Å². The first-order valence-corrected chi connectivity index (χ1v) is 22.8. The van der Waals surface area contributed by atoms with Gasteiger partial charge in [0.1, 0.15) is 0 Å². The lowest BCUT2D eigenvalue weighted by Crippen LogP contribution is -2.60. The molecule has 0 radical (unpaired) electrons. The van der Waals surface area contributed by atoms with Crippen LogP contribution in [-0.4, -0.2) is 35.5 Å². The van der Waals surface area contributed by atoms with Crippen LogP contribution >= 0.6 is 0 Å². The van der Waals surface area contributed by atoms with E-state index < -0.39 is 32.1 Å². The summed E-state index contributed by atoms with van der Waals surface area (Å²) in [5.41, 5.74) is 8.85. The molecule has 0 saturated carbocycles. The van der Waals surface area contributed by atoms with Gasteiger partial charge >= 0.3 is 0 Å². The molecule has 4 heterocycles. The number of methoxy groups -OCH3 is 2. The summed E-state index contributed by atoms with van der Waals surface area (Å²) in [5.74, 6) is 1.69. The van der Waals surface area contributed by atoms with Crippen molar-refractivity contribution in [3.8, 4) is 34.1 Å². The third-order valence-corrected chi connectivity index (χ3v) is 14.7. The number of ether oxygens (including phenoxy) is 4. The number of para-hydroxylation sites is 3. The molecule has 69 heavy (non-hydrogen) atoms. The van der Waals surface area contributed by atoms with Gasteiger partial charge in [0.25, 0.3) is 11.4 Å². The van der Waals surface area contributed by atoms with Crippen molar-refractivity contribution in [2.24, 2.45) is 0 Å². The van der Waals surface area contributed by atoms with E-state index in [0.29, 0.717) is 34.1 Å². The van der Waals surface area contributed by atoms with Crippen molar-refractivity contribution < 1.29 is 28.8 Å². The van der Waals surface area contributed by atoms with Gasteiger partial charge in [-0.05, 0) is 110 Å². The molecule has 344 valence electrons. The van der Waals surface area contributed by atoms with Crippen LogP contribution in [0.4, 0.5) is 28.4 Å². The lowest BCUT2D eigenvalue weighted by molar-refractivity contribution is -0.385. The highest BCUT2D eigenvalue weighted by atomic mass is 16.6. The first kappa shape index (κ1) is 43.2. The number of anilines is 3. The standard InChI is InChI=1S/C32H26N2O4.C25H22N2O4/c1-31(2)26-14-8-9-15-27(26)33(29-24-12-6-4-10-22(24)23-11-5-7-13-25(23)29)32(31)17-16-20-18-21(34(35)36)19-28(37-3)30(20)38-32;1-24(2)20-11-7-8-12-21(20)26(18-9-5-4-6-10-18)25(24)14-13-17-15-19(27(28)29)16-22(30-3)23(17)31-25/h4-19,29H,1-3H3;4-16H,1-3H3. The zero-order valence-corrected chi connectivity index (χ0v) is 38.9. The summed E-state index contributed by atoms with van der Waals surface area (Å²) in [6.45, 7) is 8.71. The molecule has 0 bridgehead atoms. The number of hydrogen-bond donors (Lipinski definition) is 0. The fourth-order valence-corrected chi connectivity index (χ4v) is 11.3. The van der Waals surface area contributed by atoms with Crippen molar-refractivity contribution >= 4 is 40.6 Å². The Balaban J connectivity index is 0.000000154. The van der Waals surface area contributed by atoms with Gasteiger partial charge in [-0.15, -0.1) is 0 Å². The number of nitro benzene ring substituents is 2. The molecule has 1 aliphatic carbocycles. The summed E-state index contributed by atoms with van der Waals surface area (Å²) in [6.07, 6.45) is 7.92. The molecular formula is C57H48N4O8. The molecule has 0 aromatic heterocycles. The largest absolute Gasteiger partial charge is 0.493 e. The number of nitrogens with zero attached hydrogens (tertiary/aromatic N) is 4. The minimum absolute atomic E-state index is 0.0331. The van der Waals surface area contributed by atoms with Crippen LogP contribution in [0.25, 0.3) is 23.3 Å². The predicted octanol–water partition coefficient (Wildman–Crippen LogP) is 13.1. The third kappa shape index (κ3) is 6.14. The van der Waals surface area contributed by atoms with Crippen molar-refractivity contribution in [1.82, 2.24) is 0 Å². The van der Waals surface area contributed by atoms with Gasteiger partial charge in [-0.1, -0.05) is 103 Å². The maximum Gasteiger partial charge on any atom is 0.274 e. The summed E-state index contributed by atoms with van der Waals surface area (Å²) >= 11 is 0. The summed E-state index contributed by atoms with van der Waals surface area (Å²) < 4.78 is 25.0. The van der Waals surface area contributed by atoms with Gasteiger partial charge in [0, 0.05) is 40.3 Å². The second kappa shape index (κ2) is 15.6. The van der Waals surface area contributed by atoms with Gasteiger partial charge in [0.05, 0.1) is 53.1 Å². The van der Waals surface area contributed by atoms with E-state index in [9.17, 15) is 20.2 Å². The van der Waals surface area contributed by atoms with Crippen LogP contribution < -0.4 is 28.7 Å². The second-order valence-corrected chi connectivity index (χ2v) is 18.8. The first-order chi connectivity index (χ1) is 33.3. The summed E-state index contributed by atoms with van der Waals surface area (Å²) in [7, 11) is 3.01. The third-order valence-electron chi connectivity index (χ3n) is 14.7.